The lowest BCUT2D eigenvalue weighted by Gasteiger charge is -2.19. The van der Waals surface area contributed by atoms with Crippen molar-refractivity contribution in [2.24, 2.45) is 0 Å². The first-order chi connectivity index (χ1) is 15.2. The molecule has 3 aromatic rings. The summed E-state index contributed by atoms with van der Waals surface area (Å²) in [6, 6.07) is 19.9. The summed E-state index contributed by atoms with van der Waals surface area (Å²) in [6.07, 6.45) is 0. The Morgan fingerprint density at radius 1 is 0.875 bits per heavy atom. The number of benzene rings is 3. The van der Waals surface area contributed by atoms with Crippen LogP contribution in [0.2, 0.25) is 0 Å². The van der Waals surface area contributed by atoms with Crippen molar-refractivity contribution in [2.75, 3.05) is 17.2 Å². The van der Waals surface area contributed by atoms with Gasteiger partial charge < -0.3 is 15.4 Å². The van der Waals surface area contributed by atoms with E-state index in [2.05, 4.69) is 47.3 Å². The number of hydrogen-bond acceptors (Lipinski definition) is 3. The predicted octanol–water partition coefficient (Wildman–Crippen LogP) is 6.65. The second-order valence-corrected chi connectivity index (χ2v) is 9.31. The molecule has 0 fully saturated rings. The maximum Gasteiger partial charge on any atom is 0.259 e. The monoisotopic (exact) mass is 494 g/mol. The molecule has 6 heteroatoms. The van der Waals surface area contributed by atoms with E-state index < -0.39 is 0 Å². The van der Waals surface area contributed by atoms with Crippen molar-refractivity contribution in [3.63, 3.8) is 0 Å². The summed E-state index contributed by atoms with van der Waals surface area (Å²) in [5, 5.41) is 5.76. The summed E-state index contributed by atoms with van der Waals surface area (Å²) < 4.78 is 6.35. The summed E-state index contributed by atoms with van der Waals surface area (Å²) in [6.45, 7) is 8.72. The topological polar surface area (TPSA) is 67.4 Å². The van der Waals surface area contributed by atoms with E-state index >= 15 is 0 Å². The minimum absolute atomic E-state index is 0.0257. The number of anilines is 2. The first kappa shape index (κ1) is 23.5. The molecule has 0 saturated carbocycles. The van der Waals surface area contributed by atoms with Gasteiger partial charge in [0.1, 0.15) is 5.75 Å². The van der Waals surface area contributed by atoms with Gasteiger partial charge in [0.25, 0.3) is 11.8 Å². The molecule has 166 valence electrons. The zero-order chi connectivity index (χ0) is 23.3. The summed E-state index contributed by atoms with van der Waals surface area (Å²) in [4.78, 5) is 25.5. The molecule has 3 rings (SSSR count). The van der Waals surface area contributed by atoms with Crippen LogP contribution in [0, 0.1) is 0 Å². The molecule has 0 radical (unpaired) electrons. The normalized spacial score (nSPS) is 11.0. The molecular formula is C26H27BrN2O3. The zero-order valence-electron chi connectivity index (χ0n) is 18.7. The summed E-state index contributed by atoms with van der Waals surface area (Å²) in [5.74, 6) is 0.00640. The smallest absolute Gasteiger partial charge is 0.259 e. The van der Waals surface area contributed by atoms with Crippen molar-refractivity contribution in [1.29, 1.82) is 0 Å². The molecule has 0 heterocycles. The summed E-state index contributed by atoms with van der Waals surface area (Å²) in [5.41, 5.74) is 3.35. The summed E-state index contributed by atoms with van der Waals surface area (Å²) in [7, 11) is 0. The van der Waals surface area contributed by atoms with Crippen LogP contribution in [0.4, 0.5) is 11.4 Å². The van der Waals surface area contributed by atoms with Gasteiger partial charge in [0, 0.05) is 21.4 Å². The molecule has 0 aliphatic carbocycles. The third-order valence-corrected chi connectivity index (χ3v) is 5.37. The van der Waals surface area contributed by atoms with E-state index in [1.807, 2.05) is 37.3 Å². The molecule has 0 aliphatic heterocycles. The standard InChI is InChI=1S/C26H27BrN2O3/c1-5-32-23-14-13-19(27)15-22(23)25(31)29-21-8-6-7-20(16-21)28-24(30)17-9-11-18(12-10-17)26(2,3)4/h6-16H,5H2,1-4H3,(H,28,30)(H,29,31). The maximum atomic E-state index is 12.8. The van der Waals surface area contributed by atoms with Gasteiger partial charge in [-0.15, -0.1) is 0 Å². The van der Waals surface area contributed by atoms with Crippen molar-refractivity contribution < 1.29 is 14.3 Å². The molecule has 0 unspecified atom stereocenters. The van der Waals surface area contributed by atoms with E-state index in [0.29, 0.717) is 34.9 Å². The van der Waals surface area contributed by atoms with Crippen LogP contribution in [0.1, 0.15) is 54.0 Å². The second kappa shape index (κ2) is 10.0. The largest absolute Gasteiger partial charge is 0.493 e. The van der Waals surface area contributed by atoms with E-state index in [0.717, 1.165) is 10.0 Å². The van der Waals surface area contributed by atoms with Gasteiger partial charge in [0.15, 0.2) is 0 Å². The van der Waals surface area contributed by atoms with E-state index in [9.17, 15) is 9.59 Å². The molecule has 2 amide bonds. The second-order valence-electron chi connectivity index (χ2n) is 8.39. The third-order valence-electron chi connectivity index (χ3n) is 4.88. The van der Waals surface area contributed by atoms with Crippen molar-refractivity contribution in [2.45, 2.75) is 33.1 Å². The zero-order valence-corrected chi connectivity index (χ0v) is 20.2. The highest BCUT2D eigenvalue weighted by atomic mass is 79.9. The lowest BCUT2D eigenvalue weighted by atomic mass is 9.87. The molecule has 2 N–H and O–H groups in total. The maximum absolute atomic E-state index is 12.8. The predicted molar refractivity (Wildman–Crippen MR) is 133 cm³/mol. The van der Waals surface area contributed by atoms with Gasteiger partial charge in [0.05, 0.1) is 12.2 Å². The first-order valence-electron chi connectivity index (χ1n) is 10.4. The van der Waals surface area contributed by atoms with Crippen LogP contribution >= 0.6 is 15.9 Å². The fourth-order valence-electron chi connectivity index (χ4n) is 3.16. The third kappa shape index (κ3) is 5.98. The fraction of sp³-hybridized carbons (Fsp3) is 0.231. The lowest BCUT2D eigenvalue weighted by molar-refractivity contribution is 0.101. The Hall–Kier alpha value is -3.12. The molecule has 0 spiro atoms. The SMILES string of the molecule is CCOc1ccc(Br)cc1C(=O)Nc1cccc(NC(=O)c2ccc(C(C)(C)C)cc2)c1. The molecule has 5 nitrogen and oxygen atoms in total. The van der Waals surface area contributed by atoms with Crippen LogP contribution in [-0.4, -0.2) is 18.4 Å². The van der Waals surface area contributed by atoms with Crippen molar-refractivity contribution in [1.82, 2.24) is 0 Å². The van der Waals surface area contributed by atoms with Crippen molar-refractivity contribution in [3.05, 3.63) is 87.9 Å². The molecular weight excluding hydrogens is 468 g/mol. The number of nitrogens with one attached hydrogen (secondary N) is 2. The van der Waals surface area contributed by atoms with Crippen LogP contribution in [0.25, 0.3) is 0 Å². The van der Waals surface area contributed by atoms with Crippen LogP contribution in [-0.2, 0) is 5.41 Å². The average molecular weight is 495 g/mol. The molecule has 0 bridgehead atoms. The highest BCUT2D eigenvalue weighted by molar-refractivity contribution is 9.10. The lowest BCUT2D eigenvalue weighted by Crippen LogP contribution is -2.15. The highest BCUT2D eigenvalue weighted by Crippen LogP contribution is 2.26. The van der Waals surface area contributed by atoms with Crippen molar-refractivity contribution >= 4 is 39.1 Å². The number of ether oxygens (including phenoxy) is 1. The number of carbonyl (C=O) groups excluding carboxylic acids is 2. The van der Waals surface area contributed by atoms with Gasteiger partial charge >= 0.3 is 0 Å². The Kier molecular flexibility index (Phi) is 7.36. The van der Waals surface area contributed by atoms with Gasteiger partial charge in [-0.3, -0.25) is 9.59 Å². The Morgan fingerprint density at radius 2 is 1.50 bits per heavy atom. The Morgan fingerprint density at radius 3 is 2.09 bits per heavy atom. The van der Waals surface area contributed by atoms with E-state index in [4.69, 9.17) is 4.74 Å². The van der Waals surface area contributed by atoms with Crippen molar-refractivity contribution in [3.8, 4) is 5.75 Å². The van der Waals surface area contributed by atoms with E-state index in [1.165, 1.54) is 0 Å². The molecule has 32 heavy (non-hydrogen) atoms. The molecule has 0 aromatic heterocycles. The van der Waals surface area contributed by atoms with Gasteiger partial charge in [-0.05, 0) is 66.4 Å². The van der Waals surface area contributed by atoms with Crippen LogP contribution in [0.15, 0.2) is 71.2 Å². The number of amides is 2. The fourth-order valence-corrected chi connectivity index (χ4v) is 3.52. The Labute approximate surface area is 197 Å². The molecule has 0 saturated heterocycles. The van der Waals surface area contributed by atoms with Gasteiger partial charge in [-0.2, -0.15) is 0 Å². The minimum atomic E-state index is -0.295. The van der Waals surface area contributed by atoms with Gasteiger partial charge in [-0.1, -0.05) is 54.9 Å². The quantitative estimate of drug-likeness (QED) is 0.402. The number of carbonyl (C=O) groups is 2. The van der Waals surface area contributed by atoms with Crippen LogP contribution in [0.3, 0.4) is 0 Å². The Balaban J connectivity index is 1.73. The van der Waals surface area contributed by atoms with E-state index in [1.54, 1.807) is 36.4 Å². The number of halogens is 1. The first-order valence-corrected chi connectivity index (χ1v) is 11.2. The molecule has 3 aromatic carbocycles. The van der Waals surface area contributed by atoms with Gasteiger partial charge in [-0.25, -0.2) is 0 Å². The average Bonchev–Trinajstić information content (AvgIpc) is 2.75. The van der Waals surface area contributed by atoms with E-state index in [-0.39, 0.29) is 17.2 Å². The Bertz CT molecular complexity index is 1120. The van der Waals surface area contributed by atoms with Crippen LogP contribution < -0.4 is 15.4 Å². The number of hydrogen-bond donors (Lipinski definition) is 2. The highest BCUT2D eigenvalue weighted by Gasteiger charge is 2.16. The molecule has 0 atom stereocenters. The molecule has 0 aliphatic rings. The minimum Gasteiger partial charge on any atom is -0.493 e. The van der Waals surface area contributed by atoms with Crippen LogP contribution in [0.5, 0.6) is 5.75 Å². The number of rotatable bonds is 6. The summed E-state index contributed by atoms with van der Waals surface area (Å²) >= 11 is 3.39. The van der Waals surface area contributed by atoms with Gasteiger partial charge in [0.2, 0.25) is 0 Å².